The van der Waals surface area contributed by atoms with Crippen molar-refractivity contribution in [2.75, 3.05) is 0 Å². The summed E-state index contributed by atoms with van der Waals surface area (Å²) >= 11 is 4.52. The topological polar surface area (TPSA) is 23.8 Å². The number of fused-ring (bicyclic) bond motifs is 1. The third kappa shape index (κ3) is 1.25. The zero-order chi connectivity index (χ0) is 9.42. The van der Waals surface area contributed by atoms with E-state index in [1.165, 1.54) is 17.4 Å². The Balaban J connectivity index is 2.91. The fourth-order valence-corrected chi connectivity index (χ4v) is 2.67. The molecule has 13 heavy (non-hydrogen) atoms. The van der Waals surface area contributed by atoms with Gasteiger partial charge < -0.3 is 0 Å². The first-order valence-corrected chi connectivity index (χ1v) is 5.16. The van der Waals surface area contributed by atoms with Gasteiger partial charge in [-0.2, -0.15) is 5.26 Å². The quantitative estimate of drug-likeness (QED) is 0.705. The highest BCUT2D eigenvalue weighted by Gasteiger charge is 2.09. The van der Waals surface area contributed by atoms with Gasteiger partial charge in [0.2, 0.25) is 0 Å². The Morgan fingerprint density at radius 3 is 2.92 bits per heavy atom. The highest BCUT2D eigenvalue weighted by molar-refractivity contribution is 9.10. The summed E-state index contributed by atoms with van der Waals surface area (Å²) in [6.45, 7) is 0. The predicted molar refractivity (Wildman–Crippen MR) is 54.2 cm³/mol. The molecule has 0 bridgehead atoms. The maximum absolute atomic E-state index is 13.0. The summed E-state index contributed by atoms with van der Waals surface area (Å²) < 4.78 is 14.3. The molecule has 0 atom stereocenters. The predicted octanol–water partition coefficient (Wildman–Crippen LogP) is 3.67. The Morgan fingerprint density at radius 1 is 1.46 bits per heavy atom. The molecule has 0 aliphatic carbocycles. The second-order valence-corrected chi connectivity index (χ2v) is 4.17. The average Bonchev–Trinajstić information content (AvgIpc) is 2.55. The molecule has 1 heterocycles. The minimum atomic E-state index is -0.293. The van der Waals surface area contributed by atoms with Crippen LogP contribution in [0.15, 0.2) is 22.0 Å². The molecule has 0 spiro atoms. The zero-order valence-electron chi connectivity index (χ0n) is 6.34. The average molecular weight is 256 g/mol. The number of thiophene rings is 1. The first-order valence-electron chi connectivity index (χ1n) is 3.49. The first kappa shape index (κ1) is 8.67. The van der Waals surface area contributed by atoms with Gasteiger partial charge in [-0.3, -0.25) is 0 Å². The molecule has 1 aromatic heterocycles. The number of nitriles is 1. The lowest BCUT2D eigenvalue weighted by Crippen LogP contribution is -1.76. The molecule has 0 aliphatic heterocycles. The lowest BCUT2D eigenvalue weighted by Gasteiger charge is -1.95. The summed E-state index contributed by atoms with van der Waals surface area (Å²) in [5.41, 5.74) is 0.598. The van der Waals surface area contributed by atoms with Crippen molar-refractivity contribution in [1.82, 2.24) is 0 Å². The van der Waals surface area contributed by atoms with Gasteiger partial charge in [0.1, 0.15) is 11.9 Å². The molecule has 1 aromatic carbocycles. The molecule has 0 amide bonds. The normalized spacial score (nSPS) is 10.2. The first-order chi connectivity index (χ1) is 6.24. The minimum Gasteiger partial charge on any atom is -0.206 e. The monoisotopic (exact) mass is 255 g/mol. The number of nitrogens with zero attached hydrogens (tertiary/aromatic N) is 1. The van der Waals surface area contributed by atoms with Gasteiger partial charge in [0.15, 0.2) is 0 Å². The molecule has 0 saturated carbocycles. The van der Waals surface area contributed by atoms with Crippen LogP contribution in [0.4, 0.5) is 4.39 Å². The van der Waals surface area contributed by atoms with E-state index in [2.05, 4.69) is 22.0 Å². The second-order valence-electron chi connectivity index (χ2n) is 2.50. The van der Waals surface area contributed by atoms with Crippen LogP contribution >= 0.6 is 27.3 Å². The van der Waals surface area contributed by atoms with Crippen LogP contribution in [-0.2, 0) is 0 Å². The molecular weight excluding hydrogens is 253 g/mol. The van der Waals surface area contributed by atoms with Crippen LogP contribution in [0.2, 0.25) is 0 Å². The molecule has 1 nitrogen and oxygen atoms in total. The molecular formula is C9H3BrFNS. The van der Waals surface area contributed by atoms with Crippen molar-refractivity contribution in [3.63, 3.8) is 0 Å². The van der Waals surface area contributed by atoms with Crippen LogP contribution in [-0.4, -0.2) is 0 Å². The van der Waals surface area contributed by atoms with Crippen LogP contribution in [0.25, 0.3) is 10.1 Å². The van der Waals surface area contributed by atoms with Gasteiger partial charge >= 0.3 is 0 Å². The van der Waals surface area contributed by atoms with Crippen molar-refractivity contribution in [1.29, 1.82) is 5.26 Å². The SMILES string of the molecule is N#Cc1csc2c(Br)c(F)ccc12. The zero-order valence-corrected chi connectivity index (χ0v) is 8.75. The summed E-state index contributed by atoms with van der Waals surface area (Å²) in [7, 11) is 0. The fourth-order valence-electron chi connectivity index (χ4n) is 1.13. The van der Waals surface area contributed by atoms with Gasteiger partial charge in [-0.15, -0.1) is 11.3 Å². The van der Waals surface area contributed by atoms with E-state index in [4.69, 9.17) is 5.26 Å². The molecule has 64 valence electrons. The Kier molecular flexibility index (Phi) is 2.06. The number of halogens is 2. The van der Waals surface area contributed by atoms with E-state index in [0.29, 0.717) is 10.0 Å². The van der Waals surface area contributed by atoms with E-state index < -0.39 is 0 Å². The molecule has 0 saturated heterocycles. The third-order valence-electron chi connectivity index (χ3n) is 1.76. The van der Waals surface area contributed by atoms with Crippen LogP contribution in [0, 0.1) is 17.1 Å². The van der Waals surface area contributed by atoms with Crippen LogP contribution in [0.3, 0.4) is 0 Å². The van der Waals surface area contributed by atoms with Gasteiger partial charge in [0.25, 0.3) is 0 Å². The van der Waals surface area contributed by atoms with E-state index in [1.807, 2.05) is 0 Å². The largest absolute Gasteiger partial charge is 0.206 e. The van der Waals surface area contributed by atoms with E-state index in [-0.39, 0.29) is 5.82 Å². The molecule has 0 aliphatic rings. The highest BCUT2D eigenvalue weighted by Crippen LogP contribution is 2.33. The van der Waals surface area contributed by atoms with Gasteiger partial charge in [-0.05, 0) is 28.1 Å². The van der Waals surface area contributed by atoms with E-state index >= 15 is 0 Å². The molecule has 0 radical (unpaired) electrons. The Hall–Kier alpha value is -0.920. The van der Waals surface area contributed by atoms with Gasteiger partial charge in [-0.1, -0.05) is 0 Å². The number of hydrogen-bond donors (Lipinski definition) is 0. The van der Waals surface area contributed by atoms with Crippen molar-refractivity contribution in [3.05, 3.63) is 33.4 Å². The second kappa shape index (κ2) is 3.09. The molecule has 2 aromatic rings. The van der Waals surface area contributed by atoms with E-state index in [0.717, 1.165) is 10.1 Å². The maximum atomic E-state index is 13.0. The van der Waals surface area contributed by atoms with Crippen molar-refractivity contribution < 1.29 is 4.39 Å². The Bertz CT molecular complexity index is 512. The number of rotatable bonds is 0. The lowest BCUT2D eigenvalue weighted by molar-refractivity contribution is 0.624. The van der Waals surface area contributed by atoms with E-state index in [9.17, 15) is 4.39 Å². The Morgan fingerprint density at radius 2 is 2.23 bits per heavy atom. The Labute approximate surface area is 86.5 Å². The van der Waals surface area contributed by atoms with Crippen molar-refractivity contribution in [2.24, 2.45) is 0 Å². The standard InChI is InChI=1S/C9H3BrFNS/c10-8-7(11)2-1-6-5(3-12)4-13-9(6)8/h1-2,4H. The van der Waals surface area contributed by atoms with Crippen molar-refractivity contribution >= 4 is 37.4 Å². The maximum Gasteiger partial charge on any atom is 0.138 e. The molecule has 0 N–H and O–H groups in total. The minimum absolute atomic E-state index is 0.293. The lowest BCUT2D eigenvalue weighted by atomic mass is 10.2. The highest BCUT2D eigenvalue weighted by atomic mass is 79.9. The van der Waals surface area contributed by atoms with Crippen molar-refractivity contribution in [3.8, 4) is 6.07 Å². The van der Waals surface area contributed by atoms with Crippen LogP contribution < -0.4 is 0 Å². The third-order valence-corrected chi connectivity index (χ3v) is 3.81. The fraction of sp³-hybridized carbons (Fsp3) is 0. The summed E-state index contributed by atoms with van der Waals surface area (Å²) in [4.78, 5) is 0. The van der Waals surface area contributed by atoms with Gasteiger partial charge in [-0.25, -0.2) is 4.39 Å². The van der Waals surface area contributed by atoms with Gasteiger partial charge in [0.05, 0.1) is 14.7 Å². The van der Waals surface area contributed by atoms with Crippen LogP contribution in [0.1, 0.15) is 5.56 Å². The smallest absolute Gasteiger partial charge is 0.138 e. The number of benzene rings is 1. The van der Waals surface area contributed by atoms with Crippen LogP contribution in [0.5, 0.6) is 0 Å². The molecule has 0 fully saturated rings. The van der Waals surface area contributed by atoms with Crippen molar-refractivity contribution in [2.45, 2.75) is 0 Å². The summed E-state index contributed by atoms with van der Waals surface area (Å²) in [6, 6.07) is 5.05. The van der Waals surface area contributed by atoms with E-state index in [1.54, 1.807) is 11.4 Å². The summed E-state index contributed by atoms with van der Waals surface area (Å²) in [5.74, 6) is -0.293. The van der Waals surface area contributed by atoms with Gasteiger partial charge in [0, 0.05) is 10.8 Å². The molecule has 2 rings (SSSR count). The summed E-state index contributed by atoms with van der Waals surface area (Å²) in [5, 5.41) is 11.3. The summed E-state index contributed by atoms with van der Waals surface area (Å²) in [6.07, 6.45) is 0. The number of hydrogen-bond acceptors (Lipinski definition) is 2. The molecule has 4 heteroatoms. The molecule has 0 unspecified atom stereocenters.